The minimum atomic E-state index is -1.78. The molecule has 6 rings (SSSR count). The number of anilines is 2. The van der Waals surface area contributed by atoms with Gasteiger partial charge in [0.15, 0.2) is 16.8 Å². The summed E-state index contributed by atoms with van der Waals surface area (Å²) < 4.78 is 11.1. The van der Waals surface area contributed by atoms with Gasteiger partial charge in [0.1, 0.15) is 11.3 Å². The molecule has 1 spiro atoms. The van der Waals surface area contributed by atoms with Crippen molar-refractivity contribution in [1.82, 2.24) is 5.16 Å². The third-order valence-electron chi connectivity index (χ3n) is 6.06. The van der Waals surface area contributed by atoms with Gasteiger partial charge in [0, 0.05) is 29.4 Å². The number of nitrogens with zero attached hydrogens (tertiary/aromatic N) is 3. The highest BCUT2D eigenvalue weighted by Gasteiger charge is 2.65. The molecule has 2 aliphatic rings. The summed E-state index contributed by atoms with van der Waals surface area (Å²) in [6.45, 7) is 1.67. The highest BCUT2D eigenvalue weighted by molar-refractivity contribution is 6.31. The van der Waals surface area contributed by atoms with E-state index in [2.05, 4.69) is 5.16 Å². The Morgan fingerprint density at radius 2 is 1.84 bits per heavy atom. The van der Waals surface area contributed by atoms with Crippen LogP contribution in [0.15, 0.2) is 62.3 Å². The van der Waals surface area contributed by atoms with Gasteiger partial charge in [-0.15, -0.1) is 0 Å². The number of fused-ring (bicyclic) bond motifs is 5. The van der Waals surface area contributed by atoms with Crippen LogP contribution >= 0.6 is 11.6 Å². The fraction of sp³-hybridized carbons (Fsp3) is 0.130. The molecule has 2 aromatic heterocycles. The van der Waals surface area contributed by atoms with Gasteiger partial charge in [-0.2, -0.15) is 0 Å². The SMILES string of the molecule is Cc1cc(N2C(=O)c3oc4ccc(Cl)cc4c(=O)c3C23C(=O)N(C)c2ccccc23)no1. The maximum Gasteiger partial charge on any atom is 0.297 e. The van der Waals surface area contributed by atoms with Crippen molar-refractivity contribution in [3.8, 4) is 0 Å². The van der Waals surface area contributed by atoms with Crippen molar-refractivity contribution >= 4 is 45.9 Å². The topological polar surface area (TPSA) is 96.9 Å². The van der Waals surface area contributed by atoms with Gasteiger partial charge in [-0.25, -0.2) is 0 Å². The molecule has 0 saturated heterocycles. The van der Waals surface area contributed by atoms with E-state index in [-0.39, 0.29) is 28.1 Å². The number of aromatic nitrogens is 1. The Labute approximate surface area is 185 Å². The second kappa shape index (κ2) is 6.08. The lowest BCUT2D eigenvalue weighted by atomic mass is 9.84. The molecule has 0 aliphatic carbocycles. The zero-order valence-electron chi connectivity index (χ0n) is 16.9. The summed E-state index contributed by atoms with van der Waals surface area (Å²) in [5, 5.41) is 4.51. The molecule has 0 fully saturated rings. The number of rotatable bonds is 1. The normalized spacial score (nSPS) is 19.3. The number of para-hydroxylation sites is 1. The van der Waals surface area contributed by atoms with E-state index >= 15 is 0 Å². The molecule has 9 heteroatoms. The first-order chi connectivity index (χ1) is 15.4. The summed E-state index contributed by atoms with van der Waals surface area (Å²) in [7, 11) is 1.60. The molecule has 2 aliphatic heterocycles. The summed E-state index contributed by atoms with van der Waals surface area (Å²) in [4.78, 5) is 44.1. The van der Waals surface area contributed by atoms with Gasteiger partial charge in [-0.3, -0.25) is 19.3 Å². The van der Waals surface area contributed by atoms with Crippen LogP contribution in [0.25, 0.3) is 11.0 Å². The predicted octanol–water partition coefficient (Wildman–Crippen LogP) is 3.62. The highest BCUT2D eigenvalue weighted by atomic mass is 35.5. The van der Waals surface area contributed by atoms with E-state index in [0.717, 1.165) is 0 Å². The number of carbonyl (C=O) groups is 2. The van der Waals surface area contributed by atoms with E-state index in [1.807, 2.05) is 0 Å². The van der Waals surface area contributed by atoms with E-state index in [0.29, 0.717) is 22.0 Å². The molecular weight excluding hydrogens is 434 g/mol. The number of likely N-dealkylation sites (N-methyl/N-ethyl adjacent to an activating group) is 1. The lowest BCUT2D eigenvalue weighted by molar-refractivity contribution is -0.121. The fourth-order valence-electron chi connectivity index (χ4n) is 4.74. The molecule has 2 amide bonds. The van der Waals surface area contributed by atoms with Gasteiger partial charge >= 0.3 is 0 Å². The smallest absolute Gasteiger partial charge is 0.297 e. The molecule has 2 aromatic carbocycles. The Morgan fingerprint density at radius 1 is 1.06 bits per heavy atom. The standard InChI is InChI=1S/C23H14ClN3O5/c1-11-9-17(25-32-11)27-21(29)20-18(19(28)13-10-12(24)7-8-16(13)31-20)23(27)14-5-3-4-6-15(14)26(2)22(23)30/h3-10H,1-2H3. The zero-order chi connectivity index (χ0) is 22.4. The van der Waals surface area contributed by atoms with Crippen molar-refractivity contribution in [3.63, 3.8) is 0 Å². The van der Waals surface area contributed by atoms with Crippen molar-refractivity contribution in [2.24, 2.45) is 0 Å². The summed E-state index contributed by atoms with van der Waals surface area (Å²) in [5.74, 6) is -0.772. The van der Waals surface area contributed by atoms with Gasteiger partial charge in [-0.05, 0) is 31.2 Å². The fourth-order valence-corrected chi connectivity index (χ4v) is 4.92. The van der Waals surface area contributed by atoms with Crippen LogP contribution in [-0.4, -0.2) is 24.0 Å². The number of amides is 2. The number of halogens is 1. The molecule has 32 heavy (non-hydrogen) atoms. The number of hydrogen-bond donors (Lipinski definition) is 0. The number of benzene rings is 2. The second-order valence-electron chi connectivity index (χ2n) is 7.80. The van der Waals surface area contributed by atoms with Gasteiger partial charge in [0.05, 0.1) is 10.9 Å². The van der Waals surface area contributed by atoms with E-state index in [4.69, 9.17) is 20.5 Å². The van der Waals surface area contributed by atoms with Crippen LogP contribution in [0.1, 0.15) is 27.4 Å². The number of hydrogen-bond acceptors (Lipinski definition) is 6. The van der Waals surface area contributed by atoms with Crippen molar-refractivity contribution in [3.05, 3.63) is 86.4 Å². The lowest BCUT2D eigenvalue weighted by Crippen LogP contribution is -2.53. The Morgan fingerprint density at radius 3 is 2.59 bits per heavy atom. The van der Waals surface area contributed by atoms with Crippen molar-refractivity contribution in [1.29, 1.82) is 0 Å². The van der Waals surface area contributed by atoms with Crippen LogP contribution < -0.4 is 15.2 Å². The summed E-state index contributed by atoms with van der Waals surface area (Å²) in [6, 6.07) is 13.1. The number of aryl methyl sites for hydroxylation is 1. The molecular formula is C23H14ClN3O5. The molecule has 1 atom stereocenters. The third kappa shape index (κ3) is 2.07. The highest BCUT2D eigenvalue weighted by Crippen LogP contribution is 2.53. The van der Waals surface area contributed by atoms with E-state index in [9.17, 15) is 14.4 Å². The average molecular weight is 448 g/mol. The van der Waals surface area contributed by atoms with Gasteiger partial charge in [0.25, 0.3) is 11.8 Å². The summed E-state index contributed by atoms with van der Waals surface area (Å²) in [5.41, 5.74) is -1.08. The Balaban J connectivity index is 1.81. The van der Waals surface area contributed by atoms with E-state index < -0.39 is 22.8 Å². The molecule has 0 N–H and O–H groups in total. The van der Waals surface area contributed by atoms with Crippen LogP contribution in [0, 0.1) is 6.92 Å². The first-order valence-corrected chi connectivity index (χ1v) is 10.2. The first-order valence-electron chi connectivity index (χ1n) is 9.78. The molecule has 158 valence electrons. The maximum atomic E-state index is 13.9. The predicted molar refractivity (Wildman–Crippen MR) is 116 cm³/mol. The molecule has 4 heterocycles. The molecule has 0 saturated carbocycles. The van der Waals surface area contributed by atoms with Crippen LogP contribution in [0.2, 0.25) is 5.02 Å². The maximum absolute atomic E-state index is 13.9. The second-order valence-corrected chi connectivity index (χ2v) is 8.24. The molecule has 1 unspecified atom stereocenters. The molecule has 4 aromatic rings. The van der Waals surface area contributed by atoms with Gasteiger partial charge < -0.3 is 13.8 Å². The molecule has 8 nitrogen and oxygen atoms in total. The molecule has 0 bridgehead atoms. The molecule has 0 radical (unpaired) electrons. The van der Waals surface area contributed by atoms with Gasteiger partial charge in [-0.1, -0.05) is 35.0 Å². The van der Waals surface area contributed by atoms with Crippen LogP contribution in [0.4, 0.5) is 11.5 Å². The van der Waals surface area contributed by atoms with E-state index in [1.165, 1.54) is 21.9 Å². The summed E-state index contributed by atoms with van der Waals surface area (Å²) in [6.07, 6.45) is 0. The van der Waals surface area contributed by atoms with Crippen LogP contribution in [-0.2, 0) is 10.3 Å². The minimum Gasteiger partial charge on any atom is -0.450 e. The minimum absolute atomic E-state index is 0.0558. The van der Waals surface area contributed by atoms with E-state index in [1.54, 1.807) is 50.4 Å². The Bertz CT molecular complexity index is 1560. The van der Waals surface area contributed by atoms with Crippen LogP contribution in [0.5, 0.6) is 0 Å². The average Bonchev–Trinajstić information content (AvgIpc) is 3.38. The quantitative estimate of drug-likeness (QED) is 0.442. The van der Waals surface area contributed by atoms with Crippen molar-refractivity contribution in [2.45, 2.75) is 12.5 Å². The Kier molecular flexibility index (Phi) is 3.57. The van der Waals surface area contributed by atoms with Gasteiger partial charge in [0.2, 0.25) is 5.76 Å². The Hall–Kier alpha value is -3.91. The lowest BCUT2D eigenvalue weighted by Gasteiger charge is -2.31. The number of carbonyl (C=O) groups excluding carboxylic acids is 2. The van der Waals surface area contributed by atoms with Crippen LogP contribution in [0.3, 0.4) is 0 Å². The monoisotopic (exact) mass is 447 g/mol. The third-order valence-corrected chi connectivity index (χ3v) is 6.30. The van der Waals surface area contributed by atoms with Crippen molar-refractivity contribution < 1.29 is 18.5 Å². The summed E-state index contributed by atoms with van der Waals surface area (Å²) >= 11 is 6.13. The first kappa shape index (κ1) is 18.8. The zero-order valence-corrected chi connectivity index (χ0v) is 17.6. The van der Waals surface area contributed by atoms with Crippen molar-refractivity contribution in [2.75, 3.05) is 16.8 Å². The largest absolute Gasteiger partial charge is 0.450 e.